The second kappa shape index (κ2) is 4.08. The highest BCUT2D eigenvalue weighted by molar-refractivity contribution is 5.90. The van der Waals surface area contributed by atoms with Crippen LogP contribution in [0.4, 0.5) is 0 Å². The van der Waals surface area contributed by atoms with Crippen molar-refractivity contribution >= 4 is 11.6 Å². The Balaban J connectivity index is 2.68. The minimum atomic E-state index is -0.360. The van der Waals surface area contributed by atoms with Crippen LogP contribution in [0.3, 0.4) is 0 Å². The number of aromatic nitrogens is 3. The molecule has 0 aromatic carbocycles. The van der Waals surface area contributed by atoms with Crippen molar-refractivity contribution in [1.29, 1.82) is 0 Å². The van der Waals surface area contributed by atoms with Crippen LogP contribution in [0.25, 0.3) is 5.65 Å². The molecule has 0 saturated carbocycles. The smallest absolute Gasteiger partial charge is 0.338 e. The molecule has 2 rings (SSSR count). The van der Waals surface area contributed by atoms with Crippen molar-refractivity contribution in [2.75, 3.05) is 7.11 Å². The number of hydrogen-bond donors (Lipinski definition) is 0. The van der Waals surface area contributed by atoms with Crippen molar-refractivity contribution in [1.82, 2.24) is 14.6 Å². The van der Waals surface area contributed by atoms with Crippen LogP contribution in [-0.4, -0.2) is 27.7 Å². The molecule has 0 saturated heterocycles. The largest absolute Gasteiger partial charge is 0.465 e. The zero-order chi connectivity index (χ0) is 13.5. The topological polar surface area (TPSA) is 56.5 Å². The average Bonchev–Trinajstić information content (AvgIpc) is 2.71. The Bertz CT molecular complexity index is 608. The number of pyridine rings is 1. The maximum absolute atomic E-state index is 11.5. The lowest BCUT2D eigenvalue weighted by Crippen LogP contribution is -2.17. The molecule has 0 spiro atoms. The summed E-state index contributed by atoms with van der Waals surface area (Å²) in [5.41, 5.74) is 1.98. The van der Waals surface area contributed by atoms with Gasteiger partial charge in [0.05, 0.1) is 12.7 Å². The molecule has 2 aromatic rings. The van der Waals surface area contributed by atoms with Gasteiger partial charge in [-0.25, -0.2) is 4.79 Å². The number of rotatable bonds is 1. The number of methoxy groups -OCH3 is 1. The number of carbonyl (C=O) groups is 1. The highest BCUT2D eigenvalue weighted by Crippen LogP contribution is 2.23. The number of fused-ring (bicyclic) bond motifs is 1. The molecule has 0 unspecified atom stereocenters. The monoisotopic (exact) mass is 247 g/mol. The minimum absolute atomic E-state index is 0.100. The molecule has 96 valence electrons. The van der Waals surface area contributed by atoms with Gasteiger partial charge in [-0.1, -0.05) is 20.8 Å². The van der Waals surface area contributed by atoms with Crippen LogP contribution >= 0.6 is 0 Å². The van der Waals surface area contributed by atoms with Crippen molar-refractivity contribution < 1.29 is 9.53 Å². The van der Waals surface area contributed by atoms with Gasteiger partial charge >= 0.3 is 5.97 Å². The Labute approximate surface area is 106 Å². The SMILES string of the molecule is COC(=O)c1cc(C)n2c(C(C)(C)C)nnc2c1. The van der Waals surface area contributed by atoms with Crippen LogP contribution in [0.15, 0.2) is 12.1 Å². The summed E-state index contributed by atoms with van der Waals surface area (Å²) < 4.78 is 6.68. The number of ether oxygens (including phenoxy) is 1. The van der Waals surface area contributed by atoms with Gasteiger partial charge in [-0.15, -0.1) is 10.2 Å². The Hall–Kier alpha value is -1.91. The quantitative estimate of drug-likeness (QED) is 0.724. The second-order valence-electron chi connectivity index (χ2n) is 5.34. The van der Waals surface area contributed by atoms with Crippen molar-refractivity contribution in [2.45, 2.75) is 33.1 Å². The fourth-order valence-corrected chi connectivity index (χ4v) is 1.93. The molecule has 0 aliphatic carbocycles. The number of carbonyl (C=O) groups excluding carboxylic acids is 1. The van der Waals surface area contributed by atoms with E-state index in [1.165, 1.54) is 7.11 Å². The van der Waals surface area contributed by atoms with Gasteiger partial charge in [0, 0.05) is 11.1 Å². The van der Waals surface area contributed by atoms with Gasteiger partial charge in [0.15, 0.2) is 5.65 Å². The van der Waals surface area contributed by atoms with Crippen LogP contribution in [0, 0.1) is 6.92 Å². The number of nitrogens with zero attached hydrogens (tertiary/aromatic N) is 3. The highest BCUT2D eigenvalue weighted by atomic mass is 16.5. The molecular formula is C13H17N3O2. The van der Waals surface area contributed by atoms with E-state index in [1.807, 2.05) is 11.3 Å². The Morgan fingerprint density at radius 1 is 1.28 bits per heavy atom. The third kappa shape index (κ3) is 1.96. The third-order valence-corrected chi connectivity index (χ3v) is 2.78. The number of hydrogen-bond acceptors (Lipinski definition) is 4. The molecule has 0 aliphatic rings. The van der Waals surface area contributed by atoms with Gasteiger partial charge in [-0.05, 0) is 19.1 Å². The summed E-state index contributed by atoms with van der Waals surface area (Å²) >= 11 is 0. The van der Waals surface area contributed by atoms with Crippen LogP contribution in [0.1, 0.15) is 42.6 Å². The molecule has 5 nitrogen and oxygen atoms in total. The normalized spacial score (nSPS) is 11.8. The van der Waals surface area contributed by atoms with Crippen LogP contribution in [-0.2, 0) is 10.2 Å². The maximum atomic E-state index is 11.5. The average molecular weight is 247 g/mol. The lowest BCUT2D eigenvalue weighted by Gasteiger charge is -2.17. The molecule has 0 atom stereocenters. The zero-order valence-corrected chi connectivity index (χ0v) is 11.3. The number of aryl methyl sites for hydroxylation is 1. The number of esters is 1. The van der Waals surface area contributed by atoms with E-state index < -0.39 is 0 Å². The van der Waals surface area contributed by atoms with Crippen molar-refractivity contribution in [3.8, 4) is 0 Å². The fourth-order valence-electron chi connectivity index (χ4n) is 1.93. The second-order valence-corrected chi connectivity index (χ2v) is 5.34. The van der Waals surface area contributed by atoms with E-state index in [2.05, 4.69) is 31.0 Å². The molecule has 0 radical (unpaired) electrons. The summed E-state index contributed by atoms with van der Waals surface area (Å²) in [5, 5.41) is 8.34. The minimum Gasteiger partial charge on any atom is -0.465 e. The highest BCUT2D eigenvalue weighted by Gasteiger charge is 2.22. The molecule has 0 aliphatic heterocycles. The van der Waals surface area contributed by atoms with E-state index >= 15 is 0 Å². The first kappa shape index (κ1) is 12.5. The molecule has 2 heterocycles. The van der Waals surface area contributed by atoms with E-state index in [-0.39, 0.29) is 11.4 Å². The zero-order valence-electron chi connectivity index (χ0n) is 11.3. The molecule has 0 amide bonds. The summed E-state index contributed by atoms with van der Waals surface area (Å²) in [5.74, 6) is 0.521. The molecule has 2 aromatic heterocycles. The molecule has 5 heteroatoms. The first-order chi connectivity index (χ1) is 8.34. The first-order valence-electron chi connectivity index (χ1n) is 5.79. The summed E-state index contributed by atoms with van der Waals surface area (Å²) in [6.45, 7) is 8.17. The van der Waals surface area contributed by atoms with Gasteiger partial charge < -0.3 is 4.74 Å². The summed E-state index contributed by atoms with van der Waals surface area (Å²) in [4.78, 5) is 11.5. The molecular weight excluding hydrogens is 230 g/mol. The lowest BCUT2D eigenvalue weighted by molar-refractivity contribution is 0.0600. The van der Waals surface area contributed by atoms with E-state index in [9.17, 15) is 4.79 Å². The van der Waals surface area contributed by atoms with Crippen molar-refractivity contribution in [2.24, 2.45) is 0 Å². The molecule has 18 heavy (non-hydrogen) atoms. The molecule has 0 N–H and O–H groups in total. The van der Waals surface area contributed by atoms with Crippen molar-refractivity contribution in [3.05, 3.63) is 29.2 Å². The van der Waals surface area contributed by atoms with E-state index in [0.717, 1.165) is 11.5 Å². The van der Waals surface area contributed by atoms with Crippen LogP contribution < -0.4 is 0 Å². The first-order valence-corrected chi connectivity index (χ1v) is 5.79. The summed E-state index contributed by atoms with van der Waals surface area (Å²) in [7, 11) is 1.37. The van der Waals surface area contributed by atoms with E-state index in [4.69, 9.17) is 4.74 Å². The standard InChI is InChI=1S/C13H17N3O2/c1-8-6-9(11(17)18-5)7-10-14-15-12(16(8)10)13(2,3)4/h6-7H,1-5H3. The van der Waals surface area contributed by atoms with Crippen LogP contribution in [0.5, 0.6) is 0 Å². The van der Waals surface area contributed by atoms with Gasteiger partial charge in [0.1, 0.15) is 5.82 Å². The van der Waals surface area contributed by atoms with Crippen LogP contribution in [0.2, 0.25) is 0 Å². The Kier molecular flexibility index (Phi) is 2.84. The Morgan fingerprint density at radius 2 is 1.94 bits per heavy atom. The Morgan fingerprint density at radius 3 is 2.50 bits per heavy atom. The van der Waals surface area contributed by atoms with Gasteiger partial charge in [-0.3, -0.25) is 4.40 Å². The lowest BCUT2D eigenvalue weighted by atomic mass is 9.95. The van der Waals surface area contributed by atoms with E-state index in [1.54, 1.807) is 12.1 Å². The third-order valence-electron chi connectivity index (χ3n) is 2.78. The van der Waals surface area contributed by atoms with Gasteiger partial charge in [-0.2, -0.15) is 0 Å². The van der Waals surface area contributed by atoms with Crippen molar-refractivity contribution in [3.63, 3.8) is 0 Å². The summed E-state index contributed by atoms with van der Waals surface area (Å²) in [6, 6.07) is 3.48. The predicted octanol–water partition coefficient (Wildman–Crippen LogP) is 2.12. The molecule has 0 bridgehead atoms. The predicted molar refractivity (Wildman–Crippen MR) is 67.8 cm³/mol. The van der Waals surface area contributed by atoms with Gasteiger partial charge in [0.2, 0.25) is 0 Å². The van der Waals surface area contributed by atoms with Gasteiger partial charge in [0.25, 0.3) is 0 Å². The molecule has 0 fully saturated rings. The fraction of sp³-hybridized carbons (Fsp3) is 0.462. The maximum Gasteiger partial charge on any atom is 0.338 e. The van der Waals surface area contributed by atoms with E-state index in [0.29, 0.717) is 11.2 Å². The summed E-state index contributed by atoms with van der Waals surface area (Å²) in [6.07, 6.45) is 0.